The van der Waals surface area contributed by atoms with E-state index in [1.54, 1.807) is 5.57 Å². The van der Waals surface area contributed by atoms with Crippen molar-refractivity contribution in [3.8, 4) is 0 Å². The predicted octanol–water partition coefficient (Wildman–Crippen LogP) is 3.94. The molecule has 0 aromatic carbocycles. The standard InChI is InChI=1S/C14H24O/c1-5-14(6-2)12-9-11(3)7-8-13(12,4)10-15-14/h9,12H,5-8,10H2,1-4H3. The number of rotatable bonds is 2. The molecule has 0 saturated carbocycles. The van der Waals surface area contributed by atoms with Crippen molar-refractivity contribution in [3.05, 3.63) is 11.6 Å². The van der Waals surface area contributed by atoms with Crippen molar-refractivity contribution in [2.75, 3.05) is 6.61 Å². The molecule has 0 amide bonds. The molecule has 1 heterocycles. The fourth-order valence-electron chi connectivity index (χ4n) is 3.45. The summed E-state index contributed by atoms with van der Waals surface area (Å²) in [6, 6.07) is 0. The molecule has 0 bridgehead atoms. The summed E-state index contributed by atoms with van der Waals surface area (Å²) in [5, 5.41) is 0. The van der Waals surface area contributed by atoms with E-state index in [-0.39, 0.29) is 5.60 Å². The molecule has 1 fully saturated rings. The summed E-state index contributed by atoms with van der Waals surface area (Å²) in [5.41, 5.74) is 2.11. The van der Waals surface area contributed by atoms with Crippen LogP contribution >= 0.6 is 0 Å². The Morgan fingerprint density at radius 3 is 2.67 bits per heavy atom. The molecule has 1 nitrogen and oxygen atoms in total. The lowest BCUT2D eigenvalue weighted by molar-refractivity contribution is -0.0183. The average Bonchev–Trinajstić information content (AvgIpc) is 2.53. The second-order valence-corrected chi connectivity index (χ2v) is 5.71. The Balaban J connectivity index is 2.36. The molecule has 1 saturated heterocycles. The first-order valence-corrected chi connectivity index (χ1v) is 6.37. The first-order valence-electron chi connectivity index (χ1n) is 6.37. The zero-order chi connectivity index (χ0) is 11.1. The van der Waals surface area contributed by atoms with Crippen LogP contribution in [0.1, 0.15) is 53.4 Å². The van der Waals surface area contributed by atoms with E-state index in [4.69, 9.17) is 4.74 Å². The summed E-state index contributed by atoms with van der Waals surface area (Å²) in [7, 11) is 0. The van der Waals surface area contributed by atoms with Crippen LogP contribution in [-0.4, -0.2) is 12.2 Å². The van der Waals surface area contributed by atoms with Gasteiger partial charge in [-0.25, -0.2) is 0 Å². The van der Waals surface area contributed by atoms with E-state index in [0.717, 1.165) is 19.4 Å². The fraction of sp³-hybridized carbons (Fsp3) is 0.857. The molecule has 1 heteroatoms. The molecule has 1 aliphatic carbocycles. The Hall–Kier alpha value is -0.300. The van der Waals surface area contributed by atoms with Gasteiger partial charge in [0.1, 0.15) is 0 Å². The quantitative estimate of drug-likeness (QED) is 0.625. The van der Waals surface area contributed by atoms with Gasteiger partial charge in [-0.2, -0.15) is 0 Å². The highest BCUT2D eigenvalue weighted by atomic mass is 16.5. The van der Waals surface area contributed by atoms with Gasteiger partial charge in [0.05, 0.1) is 12.2 Å². The number of hydrogen-bond acceptors (Lipinski definition) is 1. The number of fused-ring (bicyclic) bond motifs is 1. The normalized spacial score (nSPS) is 38.7. The fourth-order valence-corrected chi connectivity index (χ4v) is 3.45. The minimum atomic E-state index is 0.135. The number of hydrogen-bond donors (Lipinski definition) is 0. The van der Waals surface area contributed by atoms with Gasteiger partial charge in [-0.05, 0) is 32.6 Å². The average molecular weight is 208 g/mol. The lowest BCUT2D eigenvalue weighted by atomic mass is 9.64. The largest absolute Gasteiger partial charge is 0.374 e. The lowest BCUT2D eigenvalue weighted by Gasteiger charge is -2.40. The van der Waals surface area contributed by atoms with Gasteiger partial charge in [0.2, 0.25) is 0 Å². The zero-order valence-electron chi connectivity index (χ0n) is 10.6. The highest BCUT2D eigenvalue weighted by Gasteiger charge is 2.53. The summed E-state index contributed by atoms with van der Waals surface area (Å²) in [6.07, 6.45) is 7.37. The Kier molecular flexibility index (Phi) is 2.70. The summed E-state index contributed by atoms with van der Waals surface area (Å²) in [6.45, 7) is 10.2. The van der Waals surface area contributed by atoms with E-state index in [1.165, 1.54) is 12.8 Å². The molecule has 2 aliphatic rings. The van der Waals surface area contributed by atoms with Crippen molar-refractivity contribution in [3.63, 3.8) is 0 Å². The van der Waals surface area contributed by atoms with Gasteiger partial charge in [0.15, 0.2) is 0 Å². The van der Waals surface area contributed by atoms with Crippen LogP contribution in [0.3, 0.4) is 0 Å². The van der Waals surface area contributed by atoms with E-state index < -0.39 is 0 Å². The highest BCUT2D eigenvalue weighted by Crippen LogP contribution is 2.54. The summed E-state index contributed by atoms with van der Waals surface area (Å²) < 4.78 is 6.19. The molecular formula is C14H24O. The van der Waals surface area contributed by atoms with Crippen molar-refractivity contribution in [1.82, 2.24) is 0 Å². The maximum atomic E-state index is 6.19. The van der Waals surface area contributed by atoms with Crippen LogP contribution in [-0.2, 0) is 4.74 Å². The first kappa shape index (κ1) is 11.2. The van der Waals surface area contributed by atoms with Gasteiger partial charge in [-0.15, -0.1) is 0 Å². The van der Waals surface area contributed by atoms with E-state index in [9.17, 15) is 0 Å². The maximum Gasteiger partial charge on any atom is 0.0746 e. The first-order chi connectivity index (χ1) is 7.06. The van der Waals surface area contributed by atoms with Crippen molar-refractivity contribution in [2.45, 2.75) is 59.0 Å². The van der Waals surface area contributed by atoms with Crippen LogP contribution in [0.15, 0.2) is 11.6 Å². The van der Waals surface area contributed by atoms with E-state index >= 15 is 0 Å². The minimum Gasteiger partial charge on any atom is -0.374 e. The van der Waals surface area contributed by atoms with Gasteiger partial charge < -0.3 is 4.74 Å². The van der Waals surface area contributed by atoms with Crippen molar-refractivity contribution in [2.24, 2.45) is 11.3 Å². The number of allylic oxidation sites excluding steroid dienone is 1. The third-order valence-corrected chi connectivity index (χ3v) is 4.75. The Morgan fingerprint density at radius 2 is 2.07 bits per heavy atom. The Bertz CT molecular complexity index is 275. The van der Waals surface area contributed by atoms with E-state index in [2.05, 4.69) is 33.8 Å². The minimum absolute atomic E-state index is 0.135. The van der Waals surface area contributed by atoms with Crippen LogP contribution in [0.2, 0.25) is 0 Å². The van der Waals surface area contributed by atoms with Gasteiger partial charge in [-0.3, -0.25) is 0 Å². The third kappa shape index (κ3) is 1.56. The van der Waals surface area contributed by atoms with Crippen LogP contribution < -0.4 is 0 Å². The third-order valence-electron chi connectivity index (χ3n) is 4.75. The second-order valence-electron chi connectivity index (χ2n) is 5.71. The molecule has 0 radical (unpaired) electrons. The molecule has 2 atom stereocenters. The Morgan fingerprint density at radius 1 is 1.40 bits per heavy atom. The van der Waals surface area contributed by atoms with Crippen LogP contribution in [0.4, 0.5) is 0 Å². The van der Waals surface area contributed by atoms with Gasteiger partial charge in [0, 0.05) is 11.3 Å². The van der Waals surface area contributed by atoms with Crippen LogP contribution in [0.5, 0.6) is 0 Å². The molecule has 2 rings (SSSR count). The predicted molar refractivity (Wildman–Crippen MR) is 63.9 cm³/mol. The van der Waals surface area contributed by atoms with Gasteiger partial charge >= 0.3 is 0 Å². The molecule has 1 aliphatic heterocycles. The lowest BCUT2D eigenvalue weighted by Crippen LogP contribution is -2.39. The van der Waals surface area contributed by atoms with Crippen molar-refractivity contribution >= 4 is 0 Å². The molecule has 0 N–H and O–H groups in total. The maximum absolute atomic E-state index is 6.19. The molecular weight excluding hydrogens is 184 g/mol. The SMILES string of the molecule is CCC1(CC)OCC2(C)CCC(C)=CC21. The zero-order valence-corrected chi connectivity index (χ0v) is 10.6. The van der Waals surface area contributed by atoms with E-state index in [1.807, 2.05) is 0 Å². The van der Waals surface area contributed by atoms with Crippen LogP contribution in [0.25, 0.3) is 0 Å². The summed E-state index contributed by atoms with van der Waals surface area (Å²) in [5.74, 6) is 0.647. The number of ether oxygens (including phenoxy) is 1. The topological polar surface area (TPSA) is 9.23 Å². The monoisotopic (exact) mass is 208 g/mol. The molecule has 0 aromatic rings. The Labute approximate surface area is 93.9 Å². The molecule has 86 valence electrons. The smallest absolute Gasteiger partial charge is 0.0746 e. The van der Waals surface area contributed by atoms with Crippen molar-refractivity contribution in [1.29, 1.82) is 0 Å². The van der Waals surface area contributed by atoms with Gasteiger partial charge in [-0.1, -0.05) is 32.4 Å². The molecule has 0 aromatic heterocycles. The summed E-state index contributed by atoms with van der Waals surface area (Å²) >= 11 is 0. The molecule has 15 heavy (non-hydrogen) atoms. The van der Waals surface area contributed by atoms with E-state index in [0.29, 0.717) is 11.3 Å². The highest BCUT2D eigenvalue weighted by molar-refractivity contribution is 5.18. The van der Waals surface area contributed by atoms with Gasteiger partial charge in [0.25, 0.3) is 0 Å². The molecule has 2 unspecified atom stereocenters. The van der Waals surface area contributed by atoms with Crippen molar-refractivity contribution < 1.29 is 4.74 Å². The second kappa shape index (κ2) is 3.62. The van der Waals surface area contributed by atoms with Crippen LogP contribution in [0, 0.1) is 11.3 Å². The summed E-state index contributed by atoms with van der Waals surface area (Å²) in [4.78, 5) is 0. The molecule has 0 spiro atoms.